The monoisotopic (exact) mass is 368 g/mol. The van der Waals surface area contributed by atoms with E-state index in [0.717, 1.165) is 17.1 Å². The molecule has 1 aromatic carbocycles. The van der Waals surface area contributed by atoms with Gasteiger partial charge in [-0.25, -0.2) is 4.98 Å². The van der Waals surface area contributed by atoms with E-state index >= 15 is 0 Å². The molecule has 7 heteroatoms. The van der Waals surface area contributed by atoms with Crippen molar-refractivity contribution in [1.29, 1.82) is 0 Å². The molecule has 2 aliphatic heterocycles. The number of benzene rings is 1. The molecule has 0 fully saturated rings. The lowest BCUT2D eigenvalue weighted by Crippen LogP contribution is -2.47. The van der Waals surface area contributed by atoms with Crippen molar-refractivity contribution in [3.05, 3.63) is 47.5 Å². The Kier molecular flexibility index (Phi) is 4.37. The van der Waals surface area contributed by atoms with Crippen LogP contribution in [0.1, 0.15) is 48.7 Å². The number of nitrogens with one attached hydrogen (secondary N) is 1. The molecule has 27 heavy (non-hydrogen) atoms. The highest BCUT2D eigenvalue weighted by molar-refractivity contribution is 5.92. The fourth-order valence-electron chi connectivity index (χ4n) is 3.74. The van der Waals surface area contributed by atoms with Gasteiger partial charge in [0.1, 0.15) is 17.3 Å². The summed E-state index contributed by atoms with van der Waals surface area (Å²) in [7, 11) is 0. The summed E-state index contributed by atoms with van der Waals surface area (Å²) in [5, 5.41) is 2.86. The van der Waals surface area contributed by atoms with Crippen molar-refractivity contribution in [1.82, 2.24) is 19.8 Å². The van der Waals surface area contributed by atoms with Crippen LogP contribution in [0.25, 0.3) is 0 Å². The summed E-state index contributed by atoms with van der Waals surface area (Å²) in [6, 6.07) is 7.60. The van der Waals surface area contributed by atoms with Crippen LogP contribution in [0.3, 0.4) is 0 Å². The lowest BCUT2D eigenvalue weighted by molar-refractivity contribution is -0.141. The largest absolute Gasteiger partial charge is 0.480 e. The molecule has 0 spiro atoms. The lowest BCUT2D eigenvalue weighted by atomic mass is 10.1. The zero-order valence-corrected chi connectivity index (χ0v) is 15.8. The Labute approximate surface area is 158 Å². The van der Waals surface area contributed by atoms with E-state index < -0.39 is 6.10 Å². The first-order chi connectivity index (χ1) is 12.9. The fourth-order valence-corrected chi connectivity index (χ4v) is 3.74. The number of carbonyl (C=O) groups is 2. The van der Waals surface area contributed by atoms with E-state index in [4.69, 9.17) is 4.74 Å². The van der Waals surface area contributed by atoms with Crippen LogP contribution >= 0.6 is 0 Å². The van der Waals surface area contributed by atoms with Gasteiger partial charge in [0.15, 0.2) is 6.10 Å². The van der Waals surface area contributed by atoms with Gasteiger partial charge in [0.05, 0.1) is 6.04 Å². The standard InChI is InChI=1S/C20H24N4O3/c1-12(2)21-19(25)15-11-23-8-9-24(13(3)18(23)22-15)20(26)17-10-14-6-4-5-7-16(14)27-17/h4-7,11-13,17H,8-10H2,1-3H3,(H,21,25)/t13-,17-/m0/s1. The minimum atomic E-state index is -0.491. The van der Waals surface area contributed by atoms with Crippen molar-refractivity contribution in [3.8, 4) is 5.75 Å². The summed E-state index contributed by atoms with van der Waals surface area (Å²) in [6.45, 7) is 6.97. The van der Waals surface area contributed by atoms with Crippen LogP contribution in [0.4, 0.5) is 0 Å². The Morgan fingerprint density at radius 3 is 2.78 bits per heavy atom. The zero-order valence-electron chi connectivity index (χ0n) is 15.8. The first-order valence-corrected chi connectivity index (χ1v) is 9.37. The molecule has 0 radical (unpaired) electrons. The molecule has 3 heterocycles. The molecule has 0 aliphatic carbocycles. The Bertz CT molecular complexity index is 864. The van der Waals surface area contributed by atoms with Gasteiger partial charge in [-0.15, -0.1) is 0 Å². The maximum absolute atomic E-state index is 13.1. The van der Waals surface area contributed by atoms with E-state index in [9.17, 15) is 9.59 Å². The van der Waals surface area contributed by atoms with Gasteiger partial charge in [-0.3, -0.25) is 9.59 Å². The third-order valence-corrected chi connectivity index (χ3v) is 5.09. The van der Waals surface area contributed by atoms with E-state index in [0.29, 0.717) is 25.2 Å². The number of fused-ring (bicyclic) bond motifs is 2. The molecule has 1 N–H and O–H groups in total. The second kappa shape index (κ2) is 6.72. The molecule has 142 valence electrons. The van der Waals surface area contributed by atoms with Gasteiger partial charge in [0.2, 0.25) is 0 Å². The minimum absolute atomic E-state index is 0.0267. The molecule has 2 aliphatic rings. The van der Waals surface area contributed by atoms with Crippen LogP contribution in [0.15, 0.2) is 30.5 Å². The molecular formula is C20H24N4O3. The van der Waals surface area contributed by atoms with Crippen LogP contribution in [-0.2, 0) is 17.8 Å². The van der Waals surface area contributed by atoms with Crippen LogP contribution in [0.5, 0.6) is 5.75 Å². The Balaban J connectivity index is 1.50. The average Bonchev–Trinajstić information content (AvgIpc) is 3.25. The number of aromatic nitrogens is 2. The number of hydrogen-bond donors (Lipinski definition) is 1. The Morgan fingerprint density at radius 2 is 2.04 bits per heavy atom. The van der Waals surface area contributed by atoms with Gasteiger partial charge in [0, 0.05) is 31.7 Å². The summed E-state index contributed by atoms with van der Waals surface area (Å²) in [4.78, 5) is 31.6. The third-order valence-electron chi connectivity index (χ3n) is 5.09. The second-order valence-electron chi connectivity index (χ2n) is 7.43. The average molecular weight is 368 g/mol. The number of nitrogens with zero attached hydrogens (tertiary/aromatic N) is 3. The normalized spacial score (nSPS) is 20.8. The number of para-hydroxylation sites is 1. The van der Waals surface area contributed by atoms with Crippen molar-refractivity contribution >= 4 is 11.8 Å². The number of hydrogen-bond acceptors (Lipinski definition) is 4. The number of amides is 2. The topological polar surface area (TPSA) is 76.5 Å². The van der Waals surface area contributed by atoms with E-state index in [1.54, 1.807) is 6.20 Å². The van der Waals surface area contributed by atoms with Crippen LogP contribution in [-0.4, -0.2) is 45.0 Å². The highest BCUT2D eigenvalue weighted by Gasteiger charge is 2.37. The molecule has 4 rings (SSSR count). The Morgan fingerprint density at radius 1 is 1.26 bits per heavy atom. The van der Waals surface area contributed by atoms with Crippen molar-refractivity contribution in [2.45, 2.75) is 51.9 Å². The minimum Gasteiger partial charge on any atom is -0.480 e. The summed E-state index contributed by atoms with van der Waals surface area (Å²) >= 11 is 0. The van der Waals surface area contributed by atoms with Gasteiger partial charge in [-0.2, -0.15) is 0 Å². The number of carbonyl (C=O) groups excluding carboxylic acids is 2. The second-order valence-corrected chi connectivity index (χ2v) is 7.43. The SMILES string of the molecule is CC(C)NC(=O)c1cn2c(n1)[C@H](C)N(C(=O)[C@@H]1Cc3ccccc3O1)CC2. The van der Waals surface area contributed by atoms with Crippen LogP contribution in [0.2, 0.25) is 0 Å². The quantitative estimate of drug-likeness (QED) is 0.898. The van der Waals surface area contributed by atoms with E-state index in [1.165, 1.54) is 0 Å². The highest BCUT2D eigenvalue weighted by atomic mass is 16.5. The first-order valence-electron chi connectivity index (χ1n) is 9.37. The fraction of sp³-hybridized carbons (Fsp3) is 0.450. The Hall–Kier alpha value is -2.83. The van der Waals surface area contributed by atoms with Crippen molar-refractivity contribution in [2.24, 2.45) is 0 Å². The smallest absolute Gasteiger partial charge is 0.271 e. The molecular weight excluding hydrogens is 344 g/mol. The molecule has 2 atom stereocenters. The van der Waals surface area contributed by atoms with Gasteiger partial charge in [0.25, 0.3) is 11.8 Å². The summed E-state index contributed by atoms with van der Waals surface area (Å²) in [5.41, 5.74) is 1.46. The molecule has 0 saturated carbocycles. The number of rotatable bonds is 3. The van der Waals surface area contributed by atoms with Crippen molar-refractivity contribution in [2.75, 3.05) is 6.54 Å². The predicted octanol–water partition coefficient (Wildman–Crippen LogP) is 1.93. The number of ether oxygens (including phenoxy) is 1. The van der Waals surface area contributed by atoms with E-state index in [1.807, 2.05) is 54.5 Å². The predicted molar refractivity (Wildman–Crippen MR) is 99.5 cm³/mol. The molecule has 0 unspecified atom stereocenters. The molecule has 7 nitrogen and oxygen atoms in total. The van der Waals surface area contributed by atoms with Crippen molar-refractivity contribution in [3.63, 3.8) is 0 Å². The summed E-state index contributed by atoms with van der Waals surface area (Å²) in [5.74, 6) is 1.31. The summed E-state index contributed by atoms with van der Waals surface area (Å²) < 4.78 is 7.83. The third kappa shape index (κ3) is 3.18. The molecule has 0 bridgehead atoms. The van der Waals surface area contributed by atoms with Gasteiger partial charge < -0.3 is 19.5 Å². The van der Waals surface area contributed by atoms with Crippen molar-refractivity contribution < 1.29 is 14.3 Å². The van der Waals surface area contributed by atoms with Gasteiger partial charge >= 0.3 is 0 Å². The lowest BCUT2D eigenvalue weighted by Gasteiger charge is -2.35. The maximum Gasteiger partial charge on any atom is 0.271 e. The van der Waals surface area contributed by atoms with Gasteiger partial charge in [-0.05, 0) is 32.4 Å². The van der Waals surface area contributed by atoms with Gasteiger partial charge in [-0.1, -0.05) is 18.2 Å². The maximum atomic E-state index is 13.1. The molecule has 2 amide bonds. The van der Waals surface area contributed by atoms with Crippen LogP contribution in [0, 0.1) is 0 Å². The van der Waals surface area contributed by atoms with Crippen LogP contribution < -0.4 is 10.1 Å². The van der Waals surface area contributed by atoms with E-state index in [2.05, 4.69) is 10.3 Å². The zero-order chi connectivity index (χ0) is 19.1. The summed E-state index contributed by atoms with van der Waals surface area (Å²) in [6.07, 6.45) is 1.87. The highest BCUT2D eigenvalue weighted by Crippen LogP contribution is 2.32. The molecule has 2 aromatic rings. The molecule has 1 aromatic heterocycles. The van der Waals surface area contributed by atoms with E-state index in [-0.39, 0.29) is 23.9 Å². The first kappa shape index (κ1) is 17.6. The number of imidazole rings is 1. The molecule has 0 saturated heterocycles.